The molecule has 0 aliphatic rings. The van der Waals surface area contributed by atoms with Gasteiger partial charge in [-0.1, -0.05) is 30.3 Å². The molecule has 3 aromatic heterocycles. The van der Waals surface area contributed by atoms with E-state index >= 15 is 0 Å². The molecule has 0 radical (unpaired) electrons. The Kier molecular flexibility index (Phi) is 2.32. The molecule has 0 aliphatic heterocycles. The number of fused-ring (bicyclic) bond motifs is 3. The first-order valence-electron chi connectivity index (χ1n) is 6.50. The standard InChI is InChI=1S/C15H13N5/c1-20-12(7-10-5-3-2-4-6-10)13-11-8-16-9-17-14(11)18-15(13)19-20/h2-6,8-9H,7H2,1H3,(H,16,17,18,19). The van der Waals surface area contributed by atoms with Gasteiger partial charge in [-0.2, -0.15) is 5.10 Å². The third-order valence-corrected chi connectivity index (χ3v) is 3.60. The number of nitrogens with one attached hydrogen (secondary N) is 1. The molecule has 5 heteroatoms. The molecule has 0 atom stereocenters. The first-order valence-corrected chi connectivity index (χ1v) is 6.50. The van der Waals surface area contributed by atoms with Gasteiger partial charge in [0.15, 0.2) is 5.65 Å². The van der Waals surface area contributed by atoms with Gasteiger partial charge in [-0.25, -0.2) is 9.97 Å². The monoisotopic (exact) mass is 263 g/mol. The maximum atomic E-state index is 4.54. The summed E-state index contributed by atoms with van der Waals surface area (Å²) in [5, 5.41) is 6.69. The Hall–Kier alpha value is -2.69. The van der Waals surface area contributed by atoms with Gasteiger partial charge in [0.2, 0.25) is 0 Å². The molecule has 0 amide bonds. The summed E-state index contributed by atoms with van der Waals surface area (Å²) >= 11 is 0. The van der Waals surface area contributed by atoms with Crippen molar-refractivity contribution in [2.24, 2.45) is 7.05 Å². The van der Waals surface area contributed by atoms with Gasteiger partial charge in [0, 0.05) is 25.1 Å². The van der Waals surface area contributed by atoms with E-state index in [1.54, 1.807) is 6.33 Å². The first-order chi connectivity index (χ1) is 9.83. The van der Waals surface area contributed by atoms with E-state index < -0.39 is 0 Å². The van der Waals surface area contributed by atoms with Crippen LogP contribution in [0.3, 0.4) is 0 Å². The van der Waals surface area contributed by atoms with Crippen molar-refractivity contribution in [2.75, 3.05) is 0 Å². The normalized spacial score (nSPS) is 11.4. The fourth-order valence-corrected chi connectivity index (χ4v) is 2.65. The van der Waals surface area contributed by atoms with Crippen LogP contribution in [-0.2, 0) is 13.5 Å². The van der Waals surface area contributed by atoms with E-state index in [1.165, 1.54) is 11.3 Å². The third kappa shape index (κ3) is 1.60. The Bertz CT molecular complexity index is 889. The van der Waals surface area contributed by atoms with Gasteiger partial charge in [-0.05, 0) is 5.56 Å². The topological polar surface area (TPSA) is 59.4 Å². The average Bonchev–Trinajstić information content (AvgIpc) is 2.97. The molecule has 1 aromatic carbocycles. The second-order valence-electron chi connectivity index (χ2n) is 4.87. The van der Waals surface area contributed by atoms with Crippen LogP contribution in [0.2, 0.25) is 0 Å². The number of hydrogen-bond donors (Lipinski definition) is 1. The van der Waals surface area contributed by atoms with Crippen LogP contribution in [0.4, 0.5) is 0 Å². The Morgan fingerprint density at radius 1 is 1.15 bits per heavy atom. The fourth-order valence-electron chi connectivity index (χ4n) is 2.65. The van der Waals surface area contributed by atoms with Crippen LogP contribution in [0.1, 0.15) is 11.3 Å². The van der Waals surface area contributed by atoms with Gasteiger partial charge >= 0.3 is 0 Å². The Balaban J connectivity index is 1.95. The highest BCUT2D eigenvalue weighted by atomic mass is 15.3. The maximum absolute atomic E-state index is 4.54. The van der Waals surface area contributed by atoms with Crippen molar-refractivity contribution in [1.29, 1.82) is 0 Å². The zero-order valence-electron chi connectivity index (χ0n) is 11.0. The van der Waals surface area contributed by atoms with Crippen molar-refractivity contribution in [3.05, 3.63) is 54.1 Å². The molecule has 0 fully saturated rings. The zero-order valence-corrected chi connectivity index (χ0v) is 11.0. The maximum Gasteiger partial charge on any atom is 0.161 e. The molecule has 1 N–H and O–H groups in total. The lowest BCUT2D eigenvalue weighted by molar-refractivity contribution is 0.732. The zero-order chi connectivity index (χ0) is 13.5. The molecule has 20 heavy (non-hydrogen) atoms. The number of hydrogen-bond acceptors (Lipinski definition) is 3. The summed E-state index contributed by atoms with van der Waals surface area (Å²) in [6.45, 7) is 0. The van der Waals surface area contributed by atoms with Gasteiger partial charge in [0.25, 0.3) is 0 Å². The summed E-state index contributed by atoms with van der Waals surface area (Å²) in [6, 6.07) is 10.4. The van der Waals surface area contributed by atoms with Crippen LogP contribution in [0, 0.1) is 0 Å². The van der Waals surface area contributed by atoms with Crippen LogP contribution >= 0.6 is 0 Å². The predicted molar refractivity (Wildman–Crippen MR) is 77.4 cm³/mol. The first kappa shape index (κ1) is 11.2. The minimum absolute atomic E-state index is 0.840. The number of benzene rings is 1. The van der Waals surface area contributed by atoms with E-state index in [2.05, 4.69) is 44.3 Å². The van der Waals surface area contributed by atoms with Crippen LogP contribution in [0.15, 0.2) is 42.9 Å². The number of nitrogens with zero attached hydrogens (tertiary/aromatic N) is 4. The van der Waals surface area contributed by atoms with Gasteiger partial charge in [0.05, 0.1) is 11.1 Å². The van der Waals surface area contributed by atoms with Crippen molar-refractivity contribution >= 4 is 22.1 Å². The largest absolute Gasteiger partial charge is 0.322 e. The summed E-state index contributed by atoms with van der Waals surface area (Å²) in [4.78, 5) is 11.6. The number of H-pyrrole nitrogens is 1. The Labute approximate surface area is 115 Å². The van der Waals surface area contributed by atoms with E-state index in [4.69, 9.17) is 0 Å². The molecule has 0 aliphatic carbocycles. The SMILES string of the molecule is Cn1nc2[nH]c3ncncc3c2c1Cc1ccccc1. The molecule has 0 bridgehead atoms. The molecule has 4 rings (SSSR count). The van der Waals surface area contributed by atoms with E-state index in [0.717, 1.165) is 28.5 Å². The molecule has 0 saturated carbocycles. The number of aromatic nitrogens is 5. The van der Waals surface area contributed by atoms with Gasteiger partial charge < -0.3 is 4.98 Å². The Morgan fingerprint density at radius 3 is 2.85 bits per heavy atom. The minimum atomic E-state index is 0.840. The average molecular weight is 263 g/mol. The lowest BCUT2D eigenvalue weighted by Gasteiger charge is -2.03. The predicted octanol–water partition coefficient (Wildman–Crippen LogP) is 2.44. The summed E-state index contributed by atoms with van der Waals surface area (Å²) in [5.41, 5.74) is 4.15. The quantitative estimate of drug-likeness (QED) is 0.604. The van der Waals surface area contributed by atoms with E-state index in [0.29, 0.717) is 0 Å². The summed E-state index contributed by atoms with van der Waals surface area (Å²) in [6.07, 6.45) is 4.24. The summed E-state index contributed by atoms with van der Waals surface area (Å²) in [7, 11) is 1.97. The summed E-state index contributed by atoms with van der Waals surface area (Å²) in [5.74, 6) is 0. The molecule has 3 heterocycles. The molecular weight excluding hydrogens is 250 g/mol. The summed E-state index contributed by atoms with van der Waals surface area (Å²) < 4.78 is 1.93. The van der Waals surface area contributed by atoms with Crippen LogP contribution < -0.4 is 0 Å². The number of aryl methyl sites for hydroxylation is 1. The molecule has 5 nitrogen and oxygen atoms in total. The van der Waals surface area contributed by atoms with Crippen molar-refractivity contribution in [1.82, 2.24) is 24.7 Å². The third-order valence-electron chi connectivity index (χ3n) is 3.60. The smallest absolute Gasteiger partial charge is 0.161 e. The molecule has 0 saturated heterocycles. The molecular formula is C15H13N5. The van der Waals surface area contributed by atoms with Gasteiger partial charge in [0.1, 0.15) is 12.0 Å². The number of aromatic amines is 1. The van der Waals surface area contributed by atoms with E-state index in [9.17, 15) is 0 Å². The number of rotatable bonds is 2. The van der Waals surface area contributed by atoms with Crippen molar-refractivity contribution in [3.63, 3.8) is 0 Å². The second kappa shape index (κ2) is 4.16. The van der Waals surface area contributed by atoms with Crippen LogP contribution in [0.5, 0.6) is 0 Å². The van der Waals surface area contributed by atoms with Crippen LogP contribution in [0.25, 0.3) is 22.1 Å². The van der Waals surface area contributed by atoms with Crippen molar-refractivity contribution in [2.45, 2.75) is 6.42 Å². The molecule has 0 unspecified atom stereocenters. The van der Waals surface area contributed by atoms with Crippen LogP contribution in [-0.4, -0.2) is 24.7 Å². The minimum Gasteiger partial charge on any atom is -0.322 e. The van der Waals surface area contributed by atoms with Crippen molar-refractivity contribution in [3.8, 4) is 0 Å². The molecule has 0 spiro atoms. The lowest BCUT2D eigenvalue weighted by atomic mass is 10.1. The van der Waals surface area contributed by atoms with Gasteiger partial charge in [-0.3, -0.25) is 4.68 Å². The second-order valence-corrected chi connectivity index (χ2v) is 4.87. The highest BCUT2D eigenvalue weighted by molar-refractivity contribution is 6.05. The van der Waals surface area contributed by atoms with E-state index in [1.807, 2.05) is 24.0 Å². The van der Waals surface area contributed by atoms with E-state index in [-0.39, 0.29) is 0 Å². The highest BCUT2D eigenvalue weighted by Gasteiger charge is 2.15. The molecule has 98 valence electrons. The highest BCUT2D eigenvalue weighted by Crippen LogP contribution is 2.27. The van der Waals surface area contributed by atoms with Crippen molar-refractivity contribution < 1.29 is 0 Å². The lowest BCUT2D eigenvalue weighted by Crippen LogP contribution is -2.00. The Morgan fingerprint density at radius 2 is 2.00 bits per heavy atom. The fraction of sp³-hybridized carbons (Fsp3) is 0.133. The molecule has 4 aromatic rings. The van der Waals surface area contributed by atoms with Gasteiger partial charge in [-0.15, -0.1) is 0 Å².